The van der Waals surface area contributed by atoms with Crippen molar-refractivity contribution in [3.05, 3.63) is 0 Å². The predicted molar refractivity (Wildman–Crippen MR) is 386 cm³/mol. The Morgan fingerprint density at radius 1 is 0.263 bits per heavy atom. The van der Waals surface area contributed by atoms with Gasteiger partial charge in [0.25, 0.3) is 0 Å². The molecule has 0 amide bonds. The van der Waals surface area contributed by atoms with Crippen molar-refractivity contribution < 1.29 is 80.2 Å². The van der Waals surface area contributed by atoms with Gasteiger partial charge in [0.2, 0.25) is 0 Å². The summed E-state index contributed by atoms with van der Waals surface area (Å²) in [6, 6.07) is 0. The number of aliphatic hydroxyl groups is 1. The summed E-state index contributed by atoms with van der Waals surface area (Å²) in [4.78, 5) is 72.7. The Labute approximate surface area is 581 Å². The molecule has 3 unspecified atom stereocenters. The molecule has 0 saturated carbocycles. The second kappa shape index (κ2) is 65.4. The molecule has 0 aliphatic heterocycles. The molecule has 0 aromatic carbocycles. The molecule has 0 aromatic rings. The number of unbranched alkanes of at least 4 members (excludes halogenated alkanes) is 39. The third-order valence-corrected chi connectivity index (χ3v) is 19.5. The lowest BCUT2D eigenvalue weighted by molar-refractivity contribution is -0.161. The number of ether oxygens (including phenoxy) is 4. The van der Waals surface area contributed by atoms with Crippen molar-refractivity contribution in [1.29, 1.82) is 0 Å². The van der Waals surface area contributed by atoms with Crippen molar-refractivity contribution in [2.45, 2.75) is 401 Å². The summed E-state index contributed by atoms with van der Waals surface area (Å²) in [5, 5.41) is 10.6. The molecule has 0 aliphatic carbocycles. The van der Waals surface area contributed by atoms with Crippen LogP contribution < -0.4 is 0 Å². The minimum Gasteiger partial charge on any atom is -0.462 e. The fourth-order valence-corrected chi connectivity index (χ4v) is 13.1. The Morgan fingerprint density at radius 3 is 0.653 bits per heavy atom. The third-order valence-electron chi connectivity index (χ3n) is 17.6. The molecule has 17 nitrogen and oxygen atoms in total. The van der Waals surface area contributed by atoms with Gasteiger partial charge in [-0.25, -0.2) is 9.13 Å². The van der Waals surface area contributed by atoms with Crippen molar-refractivity contribution in [2.24, 2.45) is 23.7 Å². The smallest absolute Gasteiger partial charge is 0.462 e. The summed E-state index contributed by atoms with van der Waals surface area (Å²) in [7, 11) is -9.91. The van der Waals surface area contributed by atoms with Gasteiger partial charge in [-0.3, -0.25) is 37.3 Å². The van der Waals surface area contributed by atoms with Crippen molar-refractivity contribution in [2.75, 3.05) is 39.6 Å². The largest absolute Gasteiger partial charge is 0.472 e. The number of esters is 4. The van der Waals surface area contributed by atoms with E-state index in [-0.39, 0.29) is 25.7 Å². The highest BCUT2D eigenvalue weighted by atomic mass is 31.2. The topological polar surface area (TPSA) is 237 Å². The minimum absolute atomic E-state index is 0.105. The van der Waals surface area contributed by atoms with E-state index in [9.17, 15) is 43.2 Å². The van der Waals surface area contributed by atoms with Crippen LogP contribution in [0.25, 0.3) is 0 Å². The number of carbonyl (C=O) groups is 4. The van der Waals surface area contributed by atoms with Gasteiger partial charge in [0, 0.05) is 25.7 Å². The Morgan fingerprint density at radius 2 is 0.442 bits per heavy atom. The fourth-order valence-electron chi connectivity index (χ4n) is 11.6. The molecule has 0 bridgehead atoms. The minimum atomic E-state index is -4.96. The number of carbonyl (C=O) groups excluding carboxylic acids is 4. The van der Waals surface area contributed by atoms with Gasteiger partial charge in [-0.05, 0) is 49.4 Å². The van der Waals surface area contributed by atoms with Crippen LogP contribution in [0, 0.1) is 23.7 Å². The lowest BCUT2D eigenvalue weighted by Gasteiger charge is -2.21. The molecule has 0 saturated heterocycles. The van der Waals surface area contributed by atoms with E-state index in [0.29, 0.717) is 37.5 Å². The molecule has 95 heavy (non-hydrogen) atoms. The zero-order chi connectivity index (χ0) is 70.3. The van der Waals surface area contributed by atoms with Crippen LogP contribution in [0.15, 0.2) is 0 Å². The van der Waals surface area contributed by atoms with Gasteiger partial charge in [-0.2, -0.15) is 0 Å². The maximum atomic E-state index is 13.1. The first kappa shape index (κ1) is 93.1. The van der Waals surface area contributed by atoms with E-state index in [1.807, 2.05) is 0 Å². The van der Waals surface area contributed by atoms with E-state index in [2.05, 4.69) is 55.4 Å². The number of hydrogen-bond acceptors (Lipinski definition) is 15. The highest BCUT2D eigenvalue weighted by Crippen LogP contribution is 2.45. The summed E-state index contributed by atoms with van der Waals surface area (Å²) in [5.41, 5.74) is 0. The molecule has 0 spiro atoms. The summed E-state index contributed by atoms with van der Waals surface area (Å²) in [6.45, 7) is 14.1. The zero-order valence-corrected chi connectivity index (χ0v) is 64.1. The molecular formula is C76H148O17P2. The number of rotatable bonds is 73. The van der Waals surface area contributed by atoms with E-state index in [1.165, 1.54) is 173 Å². The average molecular weight is 1400 g/mol. The molecule has 0 radical (unpaired) electrons. The molecular weight excluding hydrogens is 1250 g/mol. The van der Waals surface area contributed by atoms with Crippen LogP contribution in [-0.2, 0) is 65.4 Å². The first-order chi connectivity index (χ1) is 45.6. The monoisotopic (exact) mass is 1400 g/mol. The molecule has 3 N–H and O–H groups in total. The Bertz CT molecular complexity index is 1870. The predicted octanol–water partition coefficient (Wildman–Crippen LogP) is 22.0. The maximum Gasteiger partial charge on any atom is 0.472 e. The van der Waals surface area contributed by atoms with Crippen LogP contribution in [-0.4, -0.2) is 96.7 Å². The Balaban J connectivity index is 5.18. The van der Waals surface area contributed by atoms with Crippen molar-refractivity contribution in [3.8, 4) is 0 Å². The van der Waals surface area contributed by atoms with E-state index in [0.717, 1.165) is 115 Å². The number of aliphatic hydroxyl groups excluding tert-OH is 1. The van der Waals surface area contributed by atoms with Gasteiger partial charge >= 0.3 is 39.5 Å². The first-order valence-electron chi connectivity index (χ1n) is 39.2. The fraction of sp³-hybridized carbons (Fsp3) is 0.947. The van der Waals surface area contributed by atoms with Gasteiger partial charge in [0.15, 0.2) is 12.2 Å². The van der Waals surface area contributed by atoms with E-state index < -0.39 is 97.5 Å². The van der Waals surface area contributed by atoms with E-state index in [1.54, 1.807) is 0 Å². The van der Waals surface area contributed by atoms with Gasteiger partial charge in [0.05, 0.1) is 26.4 Å². The SMILES string of the molecule is CC(C)CCCCCCCCCCCCCCCCCCCCC(=O)O[C@H](COC(=O)CCCCCCCCCC(C)C)COP(=O)(O)OCC(O)COP(=O)(O)OC[C@@H](COC(=O)CCCCCCCCCC(C)C)OC(=O)CCCCCCCCCCCCCC(C)C. The quantitative estimate of drug-likeness (QED) is 0.0222. The molecule has 0 rings (SSSR count). The third kappa shape index (κ3) is 70.3. The lowest BCUT2D eigenvalue weighted by Crippen LogP contribution is -2.30. The molecule has 0 fully saturated rings. The Kier molecular flexibility index (Phi) is 64.0. The van der Waals surface area contributed by atoms with Gasteiger partial charge in [-0.15, -0.1) is 0 Å². The highest BCUT2D eigenvalue weighted by molar-refractivity contribution is 7.47. The molecule has 19 heteroatoms. The van der Waals surface area contributed by atoms with Crippen LogP contribution in [0.4, 0.5) is 0 Å². The molecule has 0 heterocycles. The summed E-state index contributed by atoms with van der Waals surface area (Å²) in [6.07, 6.45) is 50.2. The molecule has 0 aromatic heterocycles. The molecule has 564 valence electrons. The van der Waals surface area contributed by atoms with Crippen LogP contribution in [0.5, 0.6) is 0 Å². The number of phosphoric acid groups is 2. The standard InChI is InChI=1S/C76H148O17P2/c1-66(2)52-44-36-28-22-18-15-13-11-9-10-12-14-16-20-24-32-42-50-58-75(80)92-71(62-86-73(78)56-48-40-34-26-30-38-46-54-68(5)6)64-90-94(82,83)88-60-70(77)61-89-95(84,85)91-65-72(63-87-74(79)57-49-41-35-27-31-39-47-55-69(7)8)93-76(81)59-51-43-33-25-21-17-19-23-29-37-45-53-67(3)4/h66-72,77H,9-65H2,1-8H3,(H,82,83)(H,84,85)/t70?,71-,72-/m1/s1. The average Bonchev–Trinajstić information content (AvgIpc) is 1.36. The number of phosphoric ester groups is 2. The maximum absolute atomic E-state index is 13.1. The highest BCUT2D eigenvalue weighted by Gasteiger charge is 2.30. The zero-order valence-electron chi connectivity index (χ0n) is 62.3. The van der Waals surface area contributed by atoms with Crippen molar-refractivity contribution in [3.63, 3.8) is 0 Å². The Hall–Kier alpha value is -1.94. The normalized spacial score (nSPS) is 14.1. The molecule has 0 aliphatic rings. The van der Waals surface area contributed by atoms with E-state index >= 15 is 0 Å². The van der Waals surface area contributed by atoms with Crippen molar-refractivity contribution in [1.82, 2.24) is 0 Å². The lowest BCUT2D eigenvalue weighted by atomic mass is 10.0. The summed E-state index contributed by atoms with van der Waals surface area (Å²) >= 11 is 0. The first-order valence-corrected chi connectivity index (χ1v) is 42.2. The van der Waals surface area contributed by atoms with E-state index in [4.69, 9.17) is 37.0 Å². The van der Waals surface area contributed by atoms with Gasteiger partial charge in [0.1, 0.15) is 19.3 Å². The van der Waals surface area contributed by atoms with Crippen LogP contribution in [0.2, 0.25) is 0 Å². The second-order valence-electron chi connectivity index (χ2n) is 29.3. The van der Waals surface area contributed by atoms with Crippen LogP contribution in [0.1, 0.15) is 383 Å². The van der Waals surface area contributed by atoms with Crippen molar-refractivity contribution >= 4 is 39.5 Å². The molecule has 5 atom stereocenters. The second-order valence-corrected chi connectivity index (χ2v) is 32.2. The van der Waals surface area contributed by atoms with Gasteiger partial charge in [-0.1, -0.05) is 331 Å². The van der Waals surface area contributed by atoms with Crippen LogP contribution >= 0.6 is 15.6 Å². The van der Waals surface area contributed by atoms with Crippen LogP contribution in [0.3, 0.4) is 0 Å². The summed E-state index contributed by atoms with van der Waals surface area (Å²) in [5.74, 6) is 0.872. The number of hydrogen-bond donors (Lipinski definition) is 3. The van der Waals surface area contributed by atoms with Gasteiger partial charge < -0.3 is 33.8 Å². The summed E-state index contributed by atoms with van der Waals surface area (Å²) < 4.78 is 68.5.